The van der Waals surface area contributed by atoms with Crippen molar-refractivity contribution in [3.05, 3.63) is 53.8 Å². The number of aliphatic hydroxyl groups is 1. The molecule has 0 spiro atoms. The van der Waals surface area contributed by atoms with E-state index >= 15 is 0 Å². The van der Waals surface area contributed by atoms with Gasteiger partial charge in [0.05, 0.1) is 18.5 Å². The average molecular weight is 472 g/mol. The van der Waals surface area contributed by atoms with E-state index in [4.69, 9.17) is 9.53 Å². The summed E-state index contributed by atoms with van der Waals surface area (Å²) in [5, 5.41) is 15.5. The van der Waals surface area contributed by atoms with Crippen molar-refractivity contribution in [3.8, 4) is 5.75 Å². The van der Waals surface area contributed by atoms with Gasteiger partial charge in [0.1, 0.15) is 17.9 Å². The molecular weight excluding hydrogens is 444 g/mol. The minimum Gasteiger partial charge on any atom is -0.496 e. The van der Waals surface area contributed by atoms with Crippen LogP contribution in [0.2, 0.25) is 0 Å². The van der Waals surface area contributed by atoms with Gasteiger partial charge in [-0.3, -0.25) is 4.79 Å². The minimum absolute atomic E-state index is 0.0776. The lowest BCUT2D eigenvalue weighted by atomic mass is 9.74. The predicted molar refractivity (Wildman–Crippen MR) is 118 cm³/mol. The van der Waals surface area contributed by atoms with Crippen LogP contribution < -0.4 is 15.4 Å². The van der Waals surface area contributed by atoms with E-state index < -0.39 is 35.3 Å². The molecule has 1 amide bonds. The molecule has 0 heterocycles. The third-order valence-corrected chi connectivity index (χ3v) is 4.88. The number of methoxy groups -OCH3 is 1. The van der Waals surface area contributed by atoms with E-state index in [0.29, 0.717) is 5.69 Å². The van der Waals surface area contributed by atoms with Crippen molar-refractivity contribution < 1.29 is 37.0 Å². The number of amides is 1. The Morgan fingerprint density at radius 3 is 2.15 bits per heavy atom. The van der Waals surface area contributed by atoms with Crippen LogP contribution in [0.3, 0.4) is 0 Å². The number of rotatable bonds is 7. The maximum absolute atomic E-state index is 13.9. The van der Waals surface area contributed by atoms with Gasteiger partial charge in [0.2, 0.25) is 5.60 Å². The van der Waals surface area contributed by atoms with Crippen LogP contribution in [-0.4, -0.2) is 43.2 Å². The van der Waals surface area contributed by atoms with Crippen LogP contribution in [0.25, 0.3) is 0 Å². The van der Waals surface area contributed by atoms with Crippen molar-refractivity contribution in [1.29, 1.82) is 0 Å². The number of ether oxygens (including phenoxy) is 1. The maximum Gasteiger partial charge on any atom is 0.426 e. The Balaban J connectivity index is 0.00000172. The van der Waals surface area contributed by atoms with Gasteiger partial charge in [-0.15, -0.1) is 0 Å². The number of hydrogen-bond donors (Lipinski definition) is 3. The molecule has 0 saturated carbocycles. The molecule has 33 heavy (non-hydrogen) atoms. The van der Waals surface area contributed by atoms with Crippen LogP contribution >= 0.6 is 0 Å². The van der Waals surface area contributed by atoms with Crippen LogP contribution in [0.5, 0.6) is 5.75 Å². The summed E-state index contributed by atoms with van der Waals surface area (Å²) in [5.41, 5.74) is -4.67. The zero-order chi connectivity index (χ0) is 25.4. The standard InChI is InChI=1S/C21H24F4N2O3.C2H4O/c1-19(2,14-11-13(22)9-10-17(14)30-4)12-20(29,21(23,24)25)18(28)27-16-8-6-5-7-15(16)26-3;1-2-3/h5-11,26,29H,12H2,1-4H3,(H,27,28);2H,1H3. The number of anilines is 2. The Morgan fingerprint density at radius 1 is 1.12 bits per heavy atom. The van der Waals surface area contributed by atoms with Crippen LogP contribution in [0.4, 0.5) is 28.9 Å². The maximum atomic E-state index is 13.9. The molecule has 2 aromatic rings. The highest BCUT2D eigenvalue weighted by atomic mass is 19.4. The van der Waals surface area contributed by atoms with Gasteiger partial charge in [0.25, 0.3) is 5.91 Å². The van der Waals surface area contributed by atoms with Gasteiger partial charge in [-0.1, -0.05) is 26.0 Å². The minimum atomic E-state index is -5.29. The van der Waals surface area contributed by atoms with Gasteiger partial charge in [-0.05, 0) is 42.7 Å². The van der Waals surface area contributed by atoms with Gasteiger partial charge >= 0.3 is 6.18 Å². The molecule has 0 aliphatic heterocycles. The third-order valence-electron chi connectivity index (χ3n) is 4.88. The fraction of sp³-hybridized carbons (Fsp3) is 0.391. The van der Waals surface area contributed by atoms with Gasteiger partial charge < -0.3 is 25.3 Å². The molecule has 0 aliphatic carbocycles. The average Bonchev–Trinajstić information content (AvgIpc) is 2.73. The van der Waals surface area contributed by atoms with Crippen molar-refractivity contribution in [2.45, 2.75) is 44.4 Å². The number of halogens is 4. The summed E-state index contributed by atoms with van der Waals surface area (Å²) in [5.74, 6) is -2.17. The highest BCUT2D eigenvalue weighted by Crippen LogP contribution is 2.44. The number of para-hydroxylation sites is 2. The molecule has 0 saturated heterocycles. The van der Waals surface area contributed by atoms with Gasteiger partial charge in [0.15, 0.2) is 0 Å². The first-order valence-corrected chi connectivity index (χ1v) is 9.88. The topological polar surface area (TPSA) is 87.7 Å². The summed E-state index contributed by atoms with van der Waals surface area (Å²) in [6.07, 6.45) is -5.60. The highest BCUT2D eigenvalue weighted by Gasteiger charge is 2.61. The molecule has 0 fully saturated rings. The number of carbonyl (C=O) groups is 2. The van der Waals surface area contributed by atoms with Crippen LogP contribution in [-0.2, 0) is 15.0 Å². The molecule has 3 N–H and O–H groups in total. The summed E-state index contributed by atoms with van der Waals surface area (Å²) in [4.78, 5) is 21.5. The smallest absolute Gasteiger partial charge is 0.426 e. The van der Waals surface area contributed by atoms with Crippen molar-refractivity contribution >= 4 is 23.6 Å². The quantitative estimate of drug-likeness (QED) is 0.402. The lowest BCUT2D eigenvalue weighted by molar-refractivity contribution is -0.254. The van der Waals surface area contributed by atoms with Crippen molar-refractivity contribution in [2.75, 3.05) is 24.8 Å². The van der Waals surface area contributed by atoms with E-state index in [1.165, 1.54) is 46.1 Å². The molecule has 0 aromatic heterocycles. The molecular formula is C23H28F4N2O4. The molecule has 1 unspecified atom stereocenters. The summed E-state index contributed by atoms with van der Waals surface area (Å²) in [7, 11) is 2.84. The van der Waals surface area contributed by atoms with Gasteiger partial charge in [-0.2, -0.15) is 13.2 Å². The van der Waals surface area contributed by atoms with E-state index in [1.807, 2.05) is 0 Å². The molecule has 0 aliphatic rings. The molecule has 6 nitrogen and oxygen atoms in total. The third kappa shape index (κ3) is 6.67. The second kappa shape index (κ2) is 11.1. The second-order valence-corrected chi connectivity index (χ2v) is 7.75. The number of alkyl halides is 3. The normalized spacial score (nSPS) is 13.2. The number of nitrogens with one attached hydrogen (secondary N) is 2. The first kappa shape index (κ1) is 27.9. The largest absolute Gasteiger partial charge is 0.496 e. The summed E-state index contributed by atoms with van der Waals surface area (Å²) >= 11 is 0. The summed E-state index contributed by atoms with van der Waals surface area (Å²) in [6.45, 7) is 4.19. The van der Waals surface area contributed by atoms with Crippen molar-refractivity contribution in [2.24, 2.45) is 0 Å². The number of aldehydes is 1. The zero-order valence-corrected chi connectivity index (χ0v) is 19.0. The molecule has 1 atom stereocenters. The predicted octanol–water partition coefficient (Wildman–Crippen LogP) is 4.68. The molecule has 0 bridgehead atoms. The second-order valence-electron chi connectivity index (χ2n) is 7.75. The molecule has 2 aromatic carbocycles. The molecule has 0 radical (unpaired) electrons. The Labute approximate surface area is 190 Å². The molecule has 182 valence electrons. The fourth-order valence-electron chi connectivity index (χ4n) is 3.29. The van der Waals surface area contributed by atoms with E-state index in [9.17, 15) is 27.5 Å². The summed E-state index contributed by atoms with van der Waals surface area (Å²) < 4.78 is 60.7. The number of carbonyl (C=O) groups excluding carboxylic acids is 2. The van der Waals surface area contributed by atoms with Crippen LogP contribution in [0.15, 0.2) is 42.5 Å². The highest BCUT2D eigenvalue weighted by molar-refractivity contribution is 6.00. The lowest BCUT2D eigenvalue weighted by Gasteiger charge is -2.37. The van der Waals surface area contributed by atoms with E-state index in [-0.39, 0.29) is 17.0 Å². The Kier molecular flexibility index (Phi) is 9.41. The Bertz CT molecular complexity index is 964. The van der Waals surface area contributed by atoms with Crippen molar-refractivity contribution in [3.63, 3.8) is 0 Å². The van der Waals surface area contributed by atoms with Crippen molar-refractivity contribution in [1.82, 2.24) is 0 Å². The van der Waals surface area contributed by atoms with Crippen LogP contribution in [0.1, 0.15) is 32.8 Å². The van der Waals surface area contributed by atoms with Crippen LogP contribution in [0, 0.1) is 5.82 Å². The van der Waals surface area contributed by atoms with E-state index in [2.05, 4.69) is 10.6 Å². The monoisotopic (exact) mass is 472 g/mol. The Morgan fingerprint density at radius 2 is 1.67 bits per heavy atom. The Hall–Kier alpha value is -3.14. The lowest BCUT2D eigenvalue weighted by Crippen LogP contribution is -2.57. The van der Waals surface area contributed by atoms with E-state index in [0.717, 1.165) is 18.4 Å². The van der Waals surface area contributed by atoms with Gasteiger partial charge in [-0.25, -0.2) is 4.39 Å². The first-order valence-electron chi connectivity index (χ1n) is 9.88. The SMILES string of the molecule is CC=O.CNc1ccccc1NC(=O)C(O)(CC(C)(C)c1cc(F)ccc1OC)C(F)(F)F. The zero-order valence-electron chi connectivity index (χ0n) is 19.0. The summed E-state index contributed by atoms with van der Waals surface area (Å²) in [6, 6.07) is 9.55. The molecule has 10 heteroatoms. The molecule has 2 rings (SSSR count). The van der Waals surface area contributed by atoms with Gasteiger partial charge in [0, 0.05) is 19.0 Å². The van der Waals surface area contributed by atoms with E-state index in [1.54, 1.807) is 19.2 Å². The number of hydrogen-bond acceptors (Lipinski definition) is 5. The number of benzene rings is 2. The fourth-order valence-corrected chi connectivity index (χ4v) is 3.29. The first-order chi connectivity index (χ1) is 15.3.